The van der Waals surface area contributed by atoms with Crippen LogP contribution in [0.25, 0.3) is 0 Å². The fourth-order valence-electron chi connectivity index (χ4n) is 8.35. The molecule has 0 aromatic heterocycles. The molecular weight excluding hydrogens is 733 g/mol. The molecule has 6 heteroatoms. The Labute approximate surface area is 362 Å². The number of unbranched alkanes of at least 4 members (excludes halogenated alkanes) is 20. The van der Waals surface area contributed by atoms with Gasteiger partial charge < -0.3 is 19.7 Å². The highest BCUT2D eigenvalue weighted by molar-refractivity contribution is 5.70. The lowest BCUT2D eigenvalue weighted by molar-refractivity contribution is -0.152. The highest BCUT2D eigenvalue weighted by Crippen LogP contribution is 2.32. The molecule has 0 heterocycles. The first kappa shape index (κ1) is 52.1. The van der Waals surface area contributed by atoms with Gasteiger partial charge in [0.2, 0.25) is 0 Å². The second-order valence-electron chi connectivity index (χ2n) is 18.5. The van der Waals surface area contributed by atoms with E-state index < -0.39 is 5.41 Å². The number of hydrogen-bond donors (Lipinski definition) is 2. The number of esters is 2. The van der Waals surface area contributed by atoms with Crippen molar-refractivity contribution in [3.63, 3.8) is 0 Å². The minimum atomic E-state index is -0.483. The van der Waals surface area contributed by atoms with Crippen LogP contribution in [0.15, 0.2) is 48.5 Å². The van der Waals surface area contributed by atoms with E-state index in [1.54, 1.807) is 12.1 Å². The van der Waals surface area contributed by atoms with E-state index in [0.29, 0.717) is 36.2 Å². The number of benzene rings is 2. The second-order valence-corrected chi connectivity index (χ2v) is 18.5. The molecule has 0 aliphatic heterocycles. The third-order valence-corrected chi connectivity index (χ3v) is 12.1. The Morgan fingerprint density at radius 1 is 0.475 bits per heavy atom. The summed E-state index contributed by atoms with van der Waals surface area (Å²) in [6.45, 7) is 8.86. The van der Waals surface area contributed by atoms with Gasteiger partial charge in [-0.1, -0.05) is 193 Å². The van der Waals surface area contributed by atoms with Gasteiger partial charge >= 0.3 is 11.9 Å². The van der Waals surface area contributed by atoms with Crippen LogP contribution in [0.4, 0.5) is 0 Å². The van der Waals surface area contributed by atoms with Crippen LogP contribution in [0, 0.1) is 5.41 Å². The second kappa shape index (κ2) is 33.7. The Morgan fingerprint density at radius 2 is 0.780 bits per heavy atom. The molecule has 0 saturated carbocycles. The normalized spacial score (nSPS) is 12.7. The van der Waals surface area contributed by atoms with Crippen molar-refractivity contribution >= 4 is 11.9 Å². The van der Waals surface area contributed by atoms with Crippen LogP contribution in [-0.2, 0) is 19.1 Å². The summed E-state index contributed by atoms with van der Waals surface area (Å²) in [7, 11) is 0. The molecule has 2 aromatic carbocycles. The molecule has 2 unspecified atom stereocenters. The molecule has 0 spiro atoms. The van der Waals surface area contributed by atoms with E-state index in [0.717, 1.165) is 62.5 Å². The van der Waals surface area contributed by atoms with E-state index in [9.17, 15) is 19.8 Å². The van der Waals surface area contributed by atoms with E-state index in [4.69, 9.17) is 9.47 Å². The number of phenols is 2. The van der Waals surface area contributed by atoms with E-state index >= 15 is 0 Å². The van der Waals surface area contributed by atoms with Gasteiger partial charge in [-0.2, -0.15) is 0 Å². The van der Waals surface area contributed by atoms with E-state index in [1.807, 2.05) is 38.1 Å². The first-order chi connectivity index (χ1) is 28.6. The number of carbonyl (C=O) groups excluding carboxylic acids is 2. The molecule has 0 fully saturated rings. The average molecular weight is 821 g/mol. The number of hydrogen-bond acceptors (Lipinski definition) is 6. The molecule has 2 atom stereocenters. The van der Waals surface area contributed by atoms with Crippen molar-refractivity contribution in [3.05, 3.63) is 59.7 Å². The number of phenolic OH excluding ortho intramolecular Hbond substituents is 2. The van der Waals surface area contributed by atoms with Crippen molar-refractivity contribution in [3.8, 4) is 11.5 Å². The lowest BCUT2D eigenvalue weighted by Gasteiger charge is -2.24. The monoisotopic (exact) mass is 821 g/mol. The fraction of sp³-hybridized carbons (Fsp3) is 0.736. The number of rotatable bonds is 38. The van der Waals surface area contributed by atoms with Gasteiger partial charge in [-0.15, -0.1) is 0 Å². The van der Waals surface area contributed by atoms with Crippen LogP contribution >= 0.6 is 0 Å². The molecule has 0 saturated heterocycles. The number of carbonyl (C=O) groups is 2. The zero-order valence-corrected chi connectivity index (χ0v) is 38.4. The van der Waals surface area contributed by atoms with Crippen molar-refractivity contribution in [2.75, 3.05) is 13.2 Å². The zero-order chi connectivity index (χ0) is 42.8. The molecule has 0 radical (unpaired) electrons. The SMILES string of the molecule is CCCCCCCCCCCCCC(CCCC(=O)OCC(C)(C)COC(=O)CCCC(CCCCCCCCCCCCC)c1cccc(O)c1)c1cccc(O)c1. The zero-order valence-electron chi connectivity index (χ0n) is 38.4. The third-order valence-electron chi connectivity index (χ3n) is 12.1. The lowest BCUT2D eigenvalue weighted by atomic mass is 9.88. The summed E-state index contributed by atoms with van der Waals surface area (Å²) in [5, 5.41) is 20.3. The predicted octanol–water partition coefficient (Wildman–Crippen LogP) is 15.8. The van der Waals surface area contributed by atoms with E-state index in [-0.39, 0.29) is 25.2 Å². The van der Waals surface area contributed by atoms with Crippen LogP contribution in [0.2, 0.25) is 0 Å². The molecule has 59 heavy (non-hydrogen) atoms. The van der Waals surface area contributed by atoms with Crippen LogP contribution in [-0.4, -0.2) is 35.4 Å². The molecule has 2 rings (SSSR count). The molecule has 2 aromatic rings. The predicted molar refractivity (Wildman–Crippen MR) is 247 cm³/mol. The summed E-state index contributed by atoms with van der Waals surface area (Å²) in [6, 6.07) is 15.2. The van der Waals surface area contributed by atoms with Crippen LogP contribution in [0.1, 0.15) is 243 Å². The minimum absolute atomic E-state index is 0.201. The summed E-state index contributed by atoms with van der Waals surface area (Å²) in [4.78, 5) is 25.6. The quantitative estimate of drug-likeness (QED) is 0.0518. The number of ether oxygens (including phenoxy) is 2. The number of aromatic hydroxyl groups is 2. The van der Waals surface area contributed by atoms with Crippen LogP contribution in [0.5, 0.6) is 11.5 Å². The van der Waals surface area contributed by atoms with Gasteiger partial charge in [0.25, 0.3) is 0 Å². The topological polar surface area (TPSA) is 93.1 Å². The van der Waals surface area contributed by atoms with Crippen LogP contribution < -0.4 is 0 Å². The molecule has 336 valence electrons. The van der Waals surface area contributed by atoms with Gasteiger partial charge in [-0.3, -0.25) is 9.59 Å². The van der Waals surface area contributed by atoms with Gasteiger partial charge in [-0.25, -0.2) is 0 Å². The first-order valence-corrected chi connectivity index (χ1v) is 24.5. The molecular formula is C53H88O6. The smallest absolute Gasteiger partial charge is 0.305 e. The van der Waals surface area contributed by atoms with E-state index in [2.05, 4.69) is 26.0 Å². The van der Waals surface area contributed by atoms with Crippen molar-refractivity contribution in [1.29, 1.82) is 0 Å². The van der Waals surface area contributed by atoms with Gasteiger partial charge in [0.05, 0.1) is 13.2 Å². The highest BCUT2D eigenvalue weighted by atomic mass is 16.5. The van der Waals surface area contributed by atoms with Gasteiger partial charge in [-0.05, 0) is 85.8 Å². The Kier molecular flexibility index (Phi) is 29.7. The maximum absolute atomic E-state index is 12.8. The van der Waals surface area contributed by atoms with Gasteiger partial charge in [0.1, 0.15) is 11.5 Å². The Morgan fingerprint density at radius 3 is 1.10 bits per heavy atom. The first-order valence-electron chi connectivity index (χ1n) is 24.5. The van der Waals surface area contributed by atoms with Gasteiger partial charge in [0.15, 0.2) is 0 Å². The minimum Gasteiger partial charge on any atom is -0.508 e. The summed E-state index contributed by atoms with van der Waals surface area (Å²) in [5.74, 6) is 0.768. The summed E-state index contributed by atoms with van der Waals surface area (Å²) in [6.07, 6.45) is 35.0. The van der Waals surface area contributed by atoms with Crippen molar-refractivity contribution < 1.29 is 29.3 Å². The Bertz CT molecular complexity index is 1240. The molecule has 6 nitrogen and oxygen atoms in total. The molecule has 2 N–H and O–H groups in total. The largest absolute Gasteiger partial charge is 0.508 e. The van der Waals surface area contributed by atoms with Crippen molar-refractivity contribution in [2.45, 2.75) is 232 Å². The summed E-state index contributed by atoms with van der Waals surface area (Å²) < 4.78 is 11.4. The fourth-order valence-corrected chi connectivity index (χ4v) is 8.35. The molecule has 0 aliphatic rings. The molecule has 0 aliphatic carbocycles. The maximum Gasteiger partial charge on any atom is 0.305 e. The summed E-state index contributed by atoms with van der Waals surface area (Å²) in [5.41, 5.74) is 1.81. The van der Waals surface area contributed by atoms with Crippen molar-refractivity contribution in [2.24, 2.45) is 5.41 Å². The molecule has 0 bridgehead atoms. The lowest BCUT2D eigenvalue weighted by Crippen LogP contribution is -2.28. The average Bonchev–Trinajstić information content (AvgIpc) is 3.22. The summed E-state index contributed by atoms with van der Waals surface area (Å²) >= 11 is 0. The standard InChI is InChI=1S/C53H88O6/c1-5-7-9-11-13-15-17-19-21-23-25-31-45(47-35-27-37-49(54)41-47)33-29-39-51(56)58-43-53(3,4)44-59-52(57)40-30-34-46(48-36-28-38-50(55)42-48)32-26-24-22-20-18-16-14-12-10-8-6-2/h27-28,35-38,41-42,45-46,54-55H,5-26,29-34,39-40,43-44H2,1-4H3. The maximum atomic E-state index is 12.8. The van der Waals surface area contributed by atoms with Crippen molar-refractivity contribution in [1.82, 2.24) is 0 Å². The third kappa shape index (κ3) is 27.4. The van der Waals surface area contributed by atoms with E-state index in [1.165, 1.54) is 128 Å². The molecule has 0 amide bonds. The Balaban J connectivity index is 1.67. The highest BCUT2D eigenvalue weighted by Gasteiger charge is 2.23. The Hall–Kier alpha value is -3.02. The van der Waals surface area contributed by atoms with Gasteiger partial charge in [0, 0.05) is 18.3 Å². The van der Waals surface area contributed by atoms with Crippen LogP contribution in [0.3, 0.4) is 0 Å².